The molecule has 0 fully saturated rings. The quantitative estimate of drug-likeness (QED) is 0.652. The molecule has 0 spiro atoms. The Labute approximate surface area is 121 Å². The molecule has 0 radical (unpaired) electrons. The number of hydrogen-bond donors (Lipinski definition) is 1. The zero-order valence-electron chi connectivity index (χ0n) is 10.5. The maximum atomic E-state index is 5.61. The fourth-order valence-corrected chi connectivity index (χ4v) is 1.96. The van der Waals surface area contributed by atoms with E-state index in [1.807, 2.05) is 48.5 Å². The van der Waals surface area contributed by atoms with E-state index in [9.17, 15) is 0 Å². The molecular weight excluding hydrogens is 306 g/mol. The summed E-state index contributed by atoms with van der Waals surface area (Å²) in [4.78, 5) is 0. The molecule has 3 nitrogen and oxygen atoms in total. The van der Waals surface area contributed by atoms with E-state index in [2.05, 4.69) is 15.9 Å². The molecule has 0 heterocycles. The van der Waals surface area contributed by atoms with Gasteiger partial charge in [0, 0.05) is 10.2 Å². The summed E-state index contributed by atoms with van der Waals surface area (Å²) >= 11 is 3.40. The molecule has 0 saturated heterocycles. The molecule has 0 saturated carbocycles. The predicted molar refractivity (Wildman–Crippen MR) is 80.1 cm³/mol. The maximum absolute atomic E-state index is 5.61. The number of rotatable bonds is 6. The Morgan fingerprint density at radius 2 is 1.79 bits per heavy atom. The van der Waals surface area contributed by atoms with Crippen molar-refractivity contribution in [3.05, 3.63) is 58.6 Å². The fourth-order valence-electron chi connectivity index (χ4n) is 1.58. The zero-order chi connectivity index (χ0) is 13.5. The van der Waals surface area contributed by atoms with Crippen LogP contribution < -0.4 is 10.5 Å². The highest BCUT2D eigenvalue weighted by Crippen LogP contribution is 2.17. The smallest absolute Gasteiger partial charge is 0.120 e. The molecule has 2 rings (SSSR count). The van der Waals surface area contributed by atoms with E-state index < -0.39 is 0 Å². The first kappa shape index (κ1) is 13.9. The van der Waals surface area contributed by atoms with Crippen LogP contribution in [0.3, 0.4) is 0 Å². The molecule has 0 aliphatic heterocycles. The Bertz CT molecular complexity index is 514. The standard InChI is InChI=1S/C15H16BrNO2/c16-13-2-1-3-15(10-13)19-9-8-18-11-12-4-6-14(17)7-5-12/h1-7,10H,8-9,11,17H2. The SMILES string of the molecule is Nc1ccc(COCCOc2cccc(Br)c2)cc1. The Morgan fingerprint density at radius 1 is 1.00 bits per heavy atom. The molecule has 100 valence electrons. The van der Waals surface area contributed by atoms with E-state index in [0.29, 0.717) is 19.8 Å². The van der Waals surface area contributed by atoms with Crippen LogP contribution in [-0.4, -0.2) is 13.2 Å². The minimum Gasteiger partial charge on any atom is -0.491 e. The second kappa shape index (κ2) is 7.16. The third-order valence-corrected chi connectivity index (χ3v) is 3.03. The van der Waals surface area contributed by atoms with Crippen molar-refractivity contribution in [2.45, 2.75) is 6.61 Å². The molecule has 0 aromatic heterocycles. The van der Waals surface area contributed by atoms with Gasteiger partial charge in [0.1, 0.15) is 12.4 Å². The van der Waals surface area contributed by atoms with Gasteiger partial charge in [-0.15, -0.1) is 0 Å². The molecule has 0 amide bonds. The summed E-state index contributed by atoms with van der Waals surface area (Å²) in [5.74, 6) is 0.838. The summed E-state index contributed by atoms with van der Waals surface area (Å²) in [6, 6.07) is 15.4. The summed E-state index contributed by atoms with van der Waals surface area (Å²) in [6.07, 6.45) is 0. The average Bonchev–Trinajstić information content (AvgIpc) is 2.41. The Kier molecular flexibility index (Phi) is 5.24. The van der Waals surface area contributed by atoms with E-state index in [0.717, 1.165) is 21.5 Å². The van der Waals surface area contributed by atoms with Gasteiger partial charge in [0.05, 0.1) is 13.2 Å². The second-order valence-corrected chi connectivity index (χ2v) is 5.02. The average molecular weight is 322 g/mol. The number of halogens is 1. The van der Waals surface area contributed by atoms with Gasteiger partial charge in [-0.3, -0.25) is 0 Å². The van der Waals surface area contributed by atoms with E-state index in [4.69, 9.17) is 15.2 Å². The largest absolute Gasteiger partial charge is 0.491 e. The third-order valence-electron chi connectivity index (χ3n) is 2.54. The lowest BCUT2D eigenvalue weighted by Crippen LogP contribution is -2.06. The van der Waals surface area contributed by atoms with Crippen molar-refractivity contribution in [1.29, 1.82) is 0 Å². The van der Waals surface area contributed by atoms with Crippen molar-refractivity contribution < 1.29 is 9.47 Å². The van der Waals surface area contributed by atoms with Crippen LogP contribution >= 0.6 is 15.9 Å². The monoisotopic (exact) mass is 321 g/mol. The highest BCUT2D eigenvalue weighted by molar-refractivity contribution is 9.10. The molecule has 4 heteroatoms. The number of anilines is 1. The molecule has 2 aromatic carbocycles. The third kappa shape index (κ3) is 4.93. The lowest BCUT2D eigenvalue weighted by Gasteiger charge is -2.07. The highest BCUT2D eigenvalue weighted by Gasteiger charge is 1.96. The summed E-state index contributed by atoms with van der Waals surface area (Å²) in [7, 11) is 0. The maximum Gasteiger partial charge on any atom is 0.120 e. The molecule has 19 heavy (non-hydrogen) atoms. The van der Waals surface area contributed by atoms with Gasteiger partial charge in [-0.25, -0.2) is 0 Å². The minimum atomic E-state index is 0.533. The fraction of sp³-hybridized carbons (Fsp3) is 0.200. The second-order valence-electron chi connectivity index (χ2n) is 4.10. The van der Waals surface area contributed by atoms with Gasteiger partial charge < -0.3 is 15.2 Å². The van der Waals surface area contributed by atoms with Crippen LogP contribution in [0.4, 0.5) is 5.69 Å². The number of hydrogen-bond acceptors (Lipinski definition) is 3. The molecule has 0 aliphatic rings. The Hall–Kier alpha value is -1.52. The molecule has 2 N–H and O–H groups in total. The van der Waals surface area contributed by atoms with E-state index >= 15 is 0 Å². The first-order valence-corrected chi connectivity index (χ1v) is 6.84. The van der Waals surface area contributed by atoms with Crippen molar-refractivity contribution in [2.24, 2.45) is 0 Å². The van der Waals surface area contributed by atoms with E-state index in [1.165, 1.54) is 0 Å². The van der Waals surface area contributed by atoms with Crippen LogP contribution in [0.5, 0.6) is 5.75 Å². The van der Waals surface area contributed by atoms with Gasteiger partial charge in [0.25, 0.3) is 0 Å². The topological polar surface area (TPSA) is 44.5 Å². The van der Waals surface area contributed by atoms with Gasteiger partial charge in [0.2, 0.25) is 0 Å². The normalized spacial score (nSPS) is 10.4. The molecular formula is C15H16BrNO2. The first-order chi connectivity index (χ1) is 9.24. The number of nitrogen functional groups attached to an aromatic ring is 1. The van der Waals surface area contributed by atoms with Crippen LogP contribution in [0.25, 0.3) is 0 Å². The summed E-state index contributed by atoms with van der Waals surface area (Å²) in [5.41, 5.74) is 7.49. The molecule has 0 aliphatic carbocycles. The lowest BCUT2D eigenvalue weighted by molar-refractivity contribution is 0.0889. The van der Waals surface area contributed by atoms with Gasteiger partial charge in [-0.2, -0.15) is 0 Å². The number of nitrogens with two attached hydrogens (primary N) is 1. The Balaban J connectivity index is 1.66. The summed E-state index contributed by atoms with van der Waals surface area (Å²) in [6.45, 7) is 1.66. The molecule has 2 aromatic rings. The van der Waals surface area contributed by atoms with Crippen LogP contribution in [0.1, 0.15) is 5.56 Å². The van der Waals surface area contributed by atoms with Gasteiger partial charge in [-0.05, 0) is 35.9 Å². The van der Waals surface area contributed by atoms with E-state index in [1.54, 1.807) is 0 Å². The zero-order valence-corrected chi connectivity index (χ0v) is 12.1. The van der Waals surface area contributed by atoms with Crippen LogP contribution in [0.15, 0.2) is 53.0 Å². The predicted octanol–water partition coefficient (Wildman–Crippen LogP) is 3.63. The van der Waals surface area contributed by atoms with Crippen molar-refractivity contribution in [3.63, 3.8) is 0 Å². The van der Waals surface area contributed by atoms with Gasteiger partial charge >= 0.3 is 0 Å². The van der Waals surface area contributed by atoms with Gasteiger partial charge in [0.15, 0.2) is 0 Å². The lowest BCUT2D eigenvalue weighted by atomic mass is 10.2. The molecule has 0 bridgehead atoms. The van der Waals surface area contributed by atoms with Crippen molar-refractivity contribution in [3.8, 4) is 5.75 Å². The number of ether oxygens (including phenoxy) is 2. The molecule has 0 atom stereocenters. The van der Waals surface area contributed by atoms with Crippen LogP contribution in [0.2, 0.25) is 0 Å². The highest BCUT2D eigenvalue weighted by atomic mass is 79.9. The first-order valence-electron chi connectivity index (χ1n) is 6.04. The van der Waals surface area contributed by atoms with Crippen molar-refractivity contribution >= 4 is 21.6 Å². The van der Waals surface area contributed by atoms with Crippen LogP contribution in [0, 0.1) is 0 Å². The van der Waals surface area contributed by atoms with Gasteiger partial charge in [-0.1, -0.05) is 34.1 Å². The van der Waals surface area contributed by atoms with Crippen molar-refractivity contribution in [1.82, 2.24) is 0 Å². The van der Waals surface area contributed by atoms with Crippen molar-refractivity contribution in [2.75, 3.05) is 18.9 Å². The number of benzene rings is 2. The molecule has 0 unspecified atom stereocenters. The van der Waals surface area contributed by atoms with Crippen LogP contribution in [-0.2, 0) is 11.3 Å². The minimum absolute atomic E-state index is 0.533. The summed E-state index contributed by atoms with van der Waals surface area (Å²) in [5, 5.41) is 0. The Morgan fingerprint density at radius 3 is 2.53 bits per heavy atom. The summed E-state index contributed by atoms with van der Waals surface area (Å²) < 4.78 is 12.1. The van der Waals surface area contributed by atoms with E-state index in [-0.39, 0.29) is 0 Å².